The lowest BCUT2D eigenvalue weighted by Gasteiger charge is -2.49. The molecule has 3 aliphatic rings. The van der Waals surface area contributed by atoms with Crippen LogP contribution in [0.25, 0.3) is 0 Å². The van der Waals surface area contributed by atoms with Crippen LogP contribution in [0.1, 0.15) is 52.4 Å². The summed E-state index contributed by atoms with van der Waals surface area (Å²) in [5, 5.41) is 11.5. The van der Waals surface area contributed by atoms with Crippen molar-refractivity contribution in [3.63, 3.8) is 0 Å². The van der Waals surface area contributed by atoms with Gasteiger partial charge in [0.1, 0.15) is 11.2 Å². The first-order chi connectivity index (χ1) is 9.76. The summed E-state index contributed by atoms with van der Waals surface area (Å²) < 4.78 is 5.82. The third kappa shape index (κ3) is 1.90. The topological polar surface area (TPSA) is 46.5 Å². The van der Waals surface area contributed by atoms with E-state index in [1.54, 1.807) is 7.11 Å². The Morgan fingerprint density at radius 1 is 1.38 bits per heavy atom. The Morgan fingerprint density at radius 2 is 2.10 bits per heavy atom. The predicted molar refractivity (Wildman–Crippen MR) is 81.9 cm³/mol. The van der Waals surface area contributed by atoms with Crippen molar-refractivity contribution < 1.29 is 14.6 Å². The zero-order valence-electron chi connectivity index (χ0n) is 13.4. The molecule has 0 spiro atoms. The van der Waals surface area contributed by atoms with Gasteiger partial charge in [0, 0.05) is 24.5 Å². The molecule has 0 aromatic carbocycles. The fourth-order valence-corrected chi connectivity index (χ4v) is 4.57. The van der Waals surface area contributed by atoms with E-state index in [0.717, 1.165) is 31.3 Å². The van der Waals surface area contributed by atoms with Gasteiger partial charge in [-0.1, -0.05) is 32.1 Å². The molecule has 1 N–H and O–H groups in total. The van der Waals surface area contributed by atoms with Crippen LogP contribution >= 0.6 is 0 Å². The Balaban J connectivity index is 2.06. The zero-order chi connectivity index (χ0) is 15.5. The van der Waals surface area contributed by atoms with Gasteiger partial charge in [-0.25, -0.2) is 0 Å². The molecule has 0 aromatic heterocycles. The maximum absolute atomic E-state index is 12.9. The maximum Gasteiger partial charge on any atom is 0.167 e. The molecule has 2 fully saturated rings. The van der Waals surface area contributed by atoms with Crippen LogP contribution in [0.15, 0.2) is 23.8 Å². The van der Waals surface area contributed by atoms with Crippen molar-refractivity contribution >= 4 is 5.78 Å². The number of methoxy groups -OCH3 is 1. The van der Waals surface area contributed by atoms with Crippen LogP contribution < -0.4 is 0 Å². The SMILES string of the molecule is C=C1C[C@]2(OC)C[C@H]1CC[C@@]2(O)C1=CCCC(C)(C)C1=O. The number of hydrogen-bond acceptors (Lipinski definition) is 3. The van der Waals surface area contributed by atoms with E-state index in [9.17, 15) is 9.90 Å². The highest BCUT2D eigenvalue weighted by atomic mass is 16.5. The first-order valence-corrected chi connectivity index (χ1v) is 7.96. The largest absolute Gasteiger partial charge is 0.382 e. The summed E-state index contributed by atoms with van der Waals surface area (Å²) in [7, 11) is 1.66. The summed E-state index contributed by atoms with van der Waals surface area (Å²) in [4.78, 5) is 12.9. The maximum atomic E-state index is 12.9. The number of aliphatic hydroxyl groups is 1. The average Bonchev–Trinajstić information content (AvgIpc) is 2.72. The number of rotatable bonds is 2. The molecule has 0 saturated heterocycles. The van der Waals surface area contributed by atoms with Gasteiger partial charge >= 0.3 is 0 Å². The van der Waals surface area contributed by atoms with Crippen molar-refractivity contribution in [3.8, 4) is 0 Å². The van der Waals surface area contributed by atoms with Gasteiger partial charge in [-0.05, 0) is 38.0 Å². The van der Waals surface area contributed by atoms with E-state index in [1.165, 1.54) is 0 Å². The molecule has 3 nitrogen and oxygen atoms in total. The molecule has 3 atom stereocenters. The molecule has 0 heterocycles. The van der Waals surface area contributed by atoms with Gasteiger partial charge in [0.15, 0.2) is 5.78 Å². The summed E-state index contributed by atoms with van der Waals surface area (Å²) in [5.41, 5.74) is -0.458. The fourth-order valence-electron chi connectivity index (χ4n) is 4.57. The van der Waals surface area contributed by atoms with Gasteiger partial charge in [-0.3, -0.25) is 4.79 Å². The molecule has 0 aliphatic heterocycles. The van der Waals surface area contributed by atoms with Crippen molar-refractivity contribution in [1.29, 1.82) is 0 Å². The third-order valence-electron chi connectivity index (χ3n) is 6.09. The van der Waals surface area contributed by atoms with Crippen molar-refractivity contribution in [2.24, 2.45) is 11.3 Å². The van der Waals surface area contributed by atoms with Crippen molar-refractivity contribution in [1.82, 2.24) is 0 Å². The van der Waals surface area contributed by atoms with Crippen molar-refractivity contribution in [3.05, 3.63) is 23.8 Å². The number of carbonyl (C=O) groups is 1. The zero-order valence-corrected chi connectivity index (χ0v) is 13.4. The third-order valence-corrected chi connectivity index (χ3v) is 6.09. The number of Topliss-reactive ketones (excluding diaryl/α,β-unsaturated/α-hetero) is 1. The first kappa shape index (κ1) is 15.0. The molecule has 2 bridgehead atoms. The van der Waals surface area contributed by atoms with Crippen molar-refractivity contribution in [2.45, 2.75) is 63.6 Å². The van der Waals surface area contributed by atoms with Gasteiger partial charge in [0.25, 0.3) is 0 Å². The number of carbonyl (C=O) groups excluding carboxylic acids is 1. The van der Waals surface area contributed by atoms with Gasteiger partial charge in [-0.2, -0.15) is 0 Å². The Bertz CT molecular complexity index is 531. The lowest BCUT2D eigenvalue weighted by Crippen LogP contribution is -2.59. The molecule has 0 radical (unpaired) electrons. The molecular weight excluding hydrogens is 264 g/mol. The van der Waals surface area contributed by atoms with Crippen LogP contribution in [0.5, 0.6) is 0 Å². The Hall–Kier alpha value is -0.930. The smallest absolute Gasteiger partial charge is 0.167 e. The van der Waals surface area contributed by atoms with Crippen LogP contribution in [-0.4, -0.2) is 29.2 Å². The summed E-state index contributed by atoms with van der Waals surface area (Å²) in [6.07, 6.45) is 6.58. The van der Waals surface area contributed by atoms with Crippen LogP contribution in [0, 0.1) is 11.3 Å². The summed E-state index contributed by atoms with van der Waals surface area (Å²) in [5.74, 6) is 0.515. The van der Waals surface area contributed by atoms with Crippen molar-refractivity contribution in [2.75, 3.05) is 7.11 Å². The van der Waals surface area contributed by atoms with E-state index in [0.29, 0.717) is 24.3 Å². The minimum Gasteiger partial charge on any atom is -0.382 e. The lowest BCUT2D eigenvalue weighted by molar-refractivity contribution is -0.169. The van der Waals surface area contributed by atoms with E-state index >= 15 is 0 Å². The minimum atomic E-state index is -1.16. The van der Waals surface area contributed by atoms with Gasteiger partial charge < -0.3 is 9.84 Å². The second-order valence-electron chi connectivity index (χ2n) is 7.70. The highest BCUT2D eigenvalue weighted by Gasteiger charge is 2.62. The first-order valence-electron chi connectivity index (χ1n) is 7.96. The lowest BCUT2D eigenvalue weighted by atomic mass is 9.62. The molecule has 0 amide bonds. The minimum absolute atomic E-state index is 0.0867. The average molecular weight is 290 g/mol. The second-order valence-corrected chi connectivity index (χ2v) is 7.70. The van der Waals surface area contributed by atoms with E-state index in [1.807, 2.05) is 19.9 Å². The molecule has 3 heteroatoms. The fraction of sp³-hybridized carbons (Fsp3) is 0.722. The predicted octanol–water partition coefficient (Wildman–Crippen LogP) is 3.18. The van der Waals surface area contributed by atoms with Crippen LogP contribution in [0.2, 0.25) is 0 Å². The number of ether oxygens (including phenoxy) is 1. The number of allylic oxidation sites excluding steroid dienone is 1. The van der Waals surface area contributed by atoms with Gasteiger partial charge in [-0.15, -0.1) is 0 Å². The number of ketones is 1. The molecule has 3 rings (SSSR count). The molecule has 21 heavy (non-hydrogen) atoms. The molecule has 2 saturated carbocycles. The van der Waals surface area contributed by atoms with Gasteiger partial charge in [0.05, 0.1) is 0 Å². The van der Waals surface area contributed by atoms with Crippen LogP contribution in [-0.2, 0) is 9.53 Å². The Labute approximate surface area is 127 Å². The molecule has 3 aliphatic carbocycles. The molecule has 116 valence electrons. The normalized spacial score (nSPS) is 42.1. The van der Waals surface area contributed by atoms with E-state index in [2.05, 4.69) is 6.58 Å². The van der Waals surface area contributed by atoms with Crippen LogP contribution in [0.4, 0.5) is 0 Å². The van der Waals surface area contributed by atoms with E-state index in [4.69, 9.17) is 4.74 Å². The van der Waals surface area contributed by atoms with Crippen LogP contribution in [0.3, 0.4) is 0 Å². The van der Waals surface area contributed by atoms with E-state index < -0.39 is 11.2 Å². The summed E-state index contributed by atoms with van der Waals surface area (Å²) in [6, 6.07) is 0. The Kier molecular flexibility index (Phi) is 3.23. The number of hydrogen-bond donors (Lipinski definition) is 1. The monoisotopic (exact) mass is 290 g/mol. The quantitative estimate of drug-likeness (QED) is 0.795. The summed E-state index contributed by atoms with van der Waals surface area (Å²) in [6.45, 7) is 8.11. The highest BCUT2D eigenvalue weighted by molar-refractivity contribution is 6.02. The van der Waals surface area contributed by atoms with Gasteiger partial charge in [0.2, 0.25) is 0 Å². The molecule has 0 aromatic rings. The highest BCUT2D eigenvalue weighted by Crippen LogP contribution is 2.58. The van der Waals surface area contributed by atoms with E-state index in [-0.39, 0.29) is 11.2 Å². The molecule has 0 unspecified atom stereocenters. The summed E-state index contributed by atoms with van der Waals surface area (Å²) >= 11 is 0. The second kappa shape index (κ2) is 4.53. The standard InChI is InChI=1S/C18H26O3/c1-12-10-17(21-4)11-13(12)7-9-18(17,20)14-6-5-8-16(2,3)15(14)19/h6,13,20H,1,5,7-11H2,2-4H3/t13-,17+,18-/m1/s1. The number of fused-ring (bicyclic) bond motifs is 2. The molecular formula is C18H26O3. The Morgan fingerprint density at radius 3 is 2.76 bits per heavy atom.